The van der Waals surface area contributed by atoms with Crippen LogP contribution in [0.15, 0.2) is 39.4 Å². The van der Waals surface area contributed by atoms with E-state index in [0.717, 1.165) is 5.76 Å². The summed E-state index contributed by atoms with van der Waals surface area (Å²) in [5, 5.41) is 23.0. The molecule has 2 rings (SSSR count). The largest absolute Gasteiger partial charge is 0.454 e. The Balaban J connectivity index is 2.05. The van der Waals surface area contributed by atoms with E-state index in [1.54, 1.807) is 12.1 Å². The van der Waals surface area contributed by atoms with Crippen LogP contribution in [0.4, 0.5) is 11.4 Å². The average Bonchev–Trinajstić information content (AvgIpc) is 2.84. The van der Waals surface area contributed by atoms with Gasteiger partial charge in [-0.25, -0.2) is 0 Å². The van der Waals surface area contributed by atoms with E-state index in [2.05, 4.69) is 21.2 Å². The minimum atomic E-state index is -0.451. The third-order valence-corrected chi connectivity index (χ3v) is 3.18. The second-order valence-corrected chi connectivity index (χ2v) is 4.93. The van der Waals surface area contributed by atoms with Gasteiger partial charge in [-0.2, -0.15) is 0 Å². The number of furan rings is 1. The van der Waals surface area contributed by atoms with E-state index in [1.165, 1.54) is 12.1 Å². The van der Waals surface area contributed by atoms with Gasteiger partial charge in [-0.15, -0.1) is 0 Å². The van der Waals surface area contributed by atoms with Gasteiger partial charge in [0.1, 0.15) is 11.4 Å². The molecule has 0 saturated carbocycles. The van der Waals surface area contributed by atoms with Crippen molar-refractivity contribution in [1.29, 1.82) is 0 Å². The van der Waals surface area contributed by atoms with E-state index in [0.29, 0.717) is 28.9 Å². The van der Waals surface area contributed by atoms with Crippen LogP contribution in [-0.2, 0) is 13.0 Å². The molecule has 1 aromatic carbocycles. The molecule has 0 aliphatic carbocycles. The van der Waals surface area contributed by atoms with E-state index in [1.807, 2.05) is 6.07 Å². The molecule has 0 atom stereocenters. The number of aliphatic hydroxyl groups excluding tert-OH is 1. The van der Waals surface area contributed by atoms with Crippen LogP contribution in [0.25, 0.3) is 0 Å². The van der Waals surface area contributed by atoms with Crippen LogP contribution in [0.1, 0.15) is 11.3 Å². The molecule has 2 aromatic rings. The first-order valence-electron chi connectivity index (χ1n) is 5.96. The molecular weight excluding hydrogens is 328 g/mol. The zero-order chi connectivity index (χ0) is 14.5. The number of hydrogen-bond donors (Lipinski definition) is 2. The Morgan fingerprint density at radius 1 is 1.35 bits per heavy atom. The summed E-state index contributed by atoms with van der Waals surface area (Å²) >= 11 is 3.21. The number of halogens is 1. The van der Waals surface area contributed by atoms with Gasteiger partial charge in [-0.05, 0) is 45.8 Å². The fourth-order valence-corrected chi connectivity index (χ4v) is 2.13. The Morgan fingerprint density at radius 2 is 2.15 bits per heavy atom. The molecule has 0 spiro atoms. The zero-order valence-electron chi connectivity index (χ0n) is 10.5. The number of nitro groups is 1. The van der Waals surface area contributed by atoms with Gasteiger partial charge in [0.05, 0.1) is 11.5 Å². The monoisotopic (exact) mass is 340 g/mol. The lowest BCUT2D eigenvalue weighted by atomic mass is 10.1. The van der Waals surface area contributed by atoms with Crippen molar-refractivity contribution in [2.24, 2.45) is 0 Å². The predicted molar refractivity (Wildman–Crippen MR) is 77.6 cm³/mol. The highest BCUT2D eigenvalue weighted by molar-refractivity contribution is 9.10. The first kappa shape index (κ1) is 14.5. The smallest absolute Gasteiger partial charge is 0.292 e. The maximum atomic E-state index is 10.9. The highest BCUT2D eigenvalue weighted by atomic mass is 79.9. The highest BCUT2D eigenvalue weighted by Gasteiger charge is 2.13. The van der Waals surface area contributed by atoms with Crippen molar-refractivity contribution in [2.45, 2.75) is 13.0 Å². The van der Waals surface area contributed by atoms with Crippen molar-refractivity contribution in [3.63, 3.8) is 0 Å². The maximum absolute atomic E-state index is 10.9. The number of anilines is 1. The molecule has 0 saturated heterocycles. The number of hydrogen-bond acceptors (Lipinski definition) is 5. The second kappa shape index (κ2) is 6.53. The molecule has 0 unspecified atom stereocenters. The molecule has 20 heavy (non-hydrogen) atoms. The lowest BCUT2D eigenvalue weighted by molar-refractivity contribution is -0.384. The quantitative estimate of drug-likeness (QED) is 0.623. The normalized spacial score (nSPS) is 10.5. The summed E-state index contributed by atoms with van der Waals surface area (Å²) in [6.45, 7) is 0.341. The predicted octanol–water partition coefficient (Wildman–Crippen LogP) is 3.10. The van der Waals surface area contributed by atoms with Crippen molar-refractivity contribution in [1.82, 2.24) is 0 Å². The molecule has 0 bridgehead atoms. The van der Waals surface area contributed by atoms with Crippen LogP contribution in [0.2, 0.25) is 0 Å². The van der Waals surface area contributed by atoms with Crippen molar-refractivity contribution < 1.29 is 14.4 Å². The molecule has 0 aliphatic rings. The van der Waals surface area contributed by atoms with Crippen molar-refractivity contribution in [3.8, 4) is 0 Å². The Morgan fingerprint density at radius 3 is 2.75 bits per heavy atom. The van der Waals surface area contributed by atoms with Crippen LogP contribution >= 0.6 is 15.9 Å². The molecule has 0 aliphatic heterocycles. The van der Waals surface area contributed by atoms with E-state index in [-0.39, 0.29) is 12.3 Å². The Kier molecular flexibility index (Phi) is 4.75. The summed E-state index contributed by atoms with van der Waals surface area (Å²) in [7, 11) is 0. The number of nitrogens with one attached hydrogen (secondary N) is 1. The van der Waals surface area contributed by atoms with Crippen LogP contribution in [0.5, 0.6) is 0 Å². The second-order valence-electron chi connectivity index (χ2n) is 4.15. The Labute approximate surface area is 123 Å². The number of nitro benzene ring substituents is 1. The Bertz CT molecular complexity index is 612. The Hall–Kier alpha value is -1.86. The number of rotatable bonds is 6. The van der Waals surface area contributed by atoms with Gasteiger partial charge in [0.2, 0.25) is 0 Å². The van der Waals surface area contributed by atoms with Crippen molar-refractivity contribution >= 4 is 27.3 Å². The molecular formula is C13H13BrN2O4. The van der Waals surface area contributed by atoms with Gasteiger partial charge in [0.25, 0.3) is 5.69 Å². The summed E-state index contributed by atoms with van der Waals surface area (Å²) in [6, 6.07) is 8.13. The van der Waals surface area contributed by atoms with Crippen molar-refractivity contribution in [3.05, 3.63) is 56.4 Å². The fourth-order valence-electron chi connectivity index (χ4n) is 1.79. The lowest BCUT2D eigenvalue weighted by Gasteiger charge is -2.07. The summed E-state index contributed by atoms with van der Waals surface area (Å²) in [5.41, 5.74) is 1.01. The van der Waals surface area contributed by atoms with Crippen LogP contribution < -0.4 is 5.32 Å². The van der Waals surface area contributed by atoms with E-state index in [9.17, 15) is 10.1 Å². The number of aliphatic hydroxyl groups is 1. The molecule has 106 valence electrons. The van der Waals surface area contributed by atoms with E-state index in [4.69, 9.17) is 9.52 Å². The standard InChI is InChI=1S/C13H13BrN2O4/c14-13-4-2-10(20-13)5-6-15-11-7-9(8-17)1-3-12(11)16(18)19/h1-4,7,15,17H,5-6,8H2. The minimum Gasteiger partial charge on any atom is -0.454 e. The maximum Gasteiger partial charge on any atom is 0.292 e. The van der Waals surface area contributed by atoms with Gasteiger partial charge >= 0.3 is 0 Å². The summed E-state index contributed by atoms with van der Waals surface area (Å²) in [6.07, 6.45) is 0.603. The zero-order valence-corrected chi connectivity index (χ0v) is 12.1. The molecule has 2 N–H and O–H groups in total. The number of benzene rings is 1. The average molecular weight is 341 g/mol. The van der Waals surface area contributed by atoms with Crippen LogP contribution in [-0.4, -0.2) is 16.6 Å². The van der Waals surface area contributed by atoms with Crippen molar-refractivity contribution in [2.75, 3.05) is 11.9 Å². The minimum absolute atomic E-state index is 0.0113. The van der Waals surface area contributed by atoms with Gasteiger partial charge in [0.15, 0.2) is 4.67 Å². The third kappa shape index (κ3) is 3.58. The number of nitrogens with zero attached hydrogens (tertiary/aromatic N) is 1. The molecule has 0 radical (unpaired) electrons. The molecule has 0 fully saturated rings. The van der Waals surface area contributed by atoms with Crippen LogP contribution in [0, 0.1) is 10.1 Å². The van der Waals surface area contributed by atoms with Gasteiger partial charge < -0.3 is 14.8 Å². The summed E-state index contributed by atoms with van der Waals surface area (Å²) < 4.78 is 6.00. The third-order valence-electron chi connectivity index (χ3n) is 2.76. The topological polar surface area (TPSA) is 88.5 Å². The molecule has 6 nitrogen and oxygen atoms in total. The SMILES string of the molecule is O=[N+]([O-])c1ccc(CO)cc1NCCc1ccc(Br)o1. The lowest BCUT2D eigenvalue weighted by Crippen LogP contribution is -2.07. The molecule has 1 heterocycles. The summed E-state index contributed by atoms with van der Waals surface area (Å²) in [4.78, 5) is 10.5. The van der Waals surface area contributed by atoms with Gasteiger partial charge in [0, 0.05) is 19.0 Å². The highest BCUT2D eigenvalue weighted by Crippen LogP contribution is 2.25. The van der Waals surface area contributed by atoms with Gasteiger partial charge in [-0.1, -0.05) is 0 Å². The summed E-state index contributed by atoms with van der Waals surface area (Å²) in [5.74, 6) is 0.783. The van der Waals surface area contributed by atoms with Crippen LogP contribution in [0.3, 0.4) is 0 Å². The van der Waals surface area contributed by atoms with E-state index >= 15 is 0 Å². The van der Waals surface area contributed by atoms with E-state index < -0.39 is 4.92 Å². The first-order valence-corrected chi connectivity index (χ1v) is 6.75. The van der Waals surface area contributed by atoms with Gasteiger partial charge in [-0.3, -0.25) is 10.1 Å². The fraction of sp³-hybridized carbons (Fsp3) is 0.231. The molecule has 0 amide bonds. The first-order chi connectivity index (χ1) is 9.60. The molecule has 7 heteroatoms. The molecule has 1 aromatic heterocycles.